The monoisotopic (exact) mass is 416 g/mol. The van der Waals surface area contributed by atoms with E-state index in [9.17, 15) is 19.7 Å². The quantitative estimate of drug-likeness (QED) is 0.151. The second-order valence-corrected chi connectivity index (χ2v) is 6.61. The first-order valence-electron chi connectivity index (χ1n) is 9.09. The summed E-state index contributed by atoms with van der Waals surface area (Å²) in [6, 6.07) is 18.2. The van der Waals surface area contributed by atoms with Gasteiger partial charge in [-0.3, -0.25) is 25.1 Å². The molecule has 0 aliphatic rings. The van der Waals surface area contributed by atoms with Gasteiger partial charge in [0.1, 0.15) is 5.69 Å². The molecule has 1 aromatic heterocycles. The molecule has 4 aromatic rings. The SMILES string of the molecule is NNC(=O)c1nn(-c2ccccc2)c(=O)c2c(N)c([N+](=O)[O-])c(-c3ccccc3)cc12. The highest BCUT2D eigenvalue weighted by atomic mass is 16.6. The molecule has 10 heteroatoms. The van der Waals surface area contributed by atoms with Crippen molar-refractivity contribution in [2.75, 3.05) is 5.73 Å². The van der Waals surface area contributed by atoms with Gasteiger partial charge in [-0.05, 0) is 23.8 Å². The third kappa shape index (κ3) is 3.26. The Balaban J connectivity index is 2.20. The Bertz CT molecular complexity index is 1380. The number of nitrogens with two attached hydrogens (primary N) is 2. The number of rotatable bonds is 4. The molecule has 0 saturated heterocycles. The molecule has 10 nitrogen and oxygen atoms in total. The highest BCUT2D eigenvalue weighted by molar-refractivity contribution is 6.11. The minimum absolute atomic E-state index is 0.0575. The lowest BCUT2D eigenvalue weighted by Gasteiger charge is -2.14. The van der Waals surface area contributed by atoms with Crippen LogP contribution in [0.4, 0.5) is 11.4 Å². The average Bonchev–Trinajstić information content (AvgIpc) is 2.79. The number of hydrogen-bond donors (Lipinski definition) is 3. The average molecular weight is 416 g/mol. The number of amides is 1. The molecule has 0 saturated carbocycles. The minimum Gasteiger partial charge on any atom is -0.392 e. The molecular formula is C21H16N6O4. The van der Waals surface area contributed by atoms with Crippen LogP contribution in [0.15, 0.2) is 71.5 Å². The van der Waals surface area contributed by atoms with Crippen molar-refractivity contribution >= 4 is 28.1 Å². The van der Waals surface area contributed by atoms with Gasteiger partial charge in [-0.2, -0.15) is 9.78 Å². The van der Waals surface area contributed by atoms with Crippen molar-refractivity contribution in [3.8, 4) is 16.8 Å². The Kier molecular flexibility index (Phi) is 4.89. The van der Waals surface area contributed by atoms with Crippen LogP contribution in [0, 0.1) is 10.1 Å². The molecule has 0 spiro atoms. The van der Waals surface area contributed by atoms with Gasteiger partial charge < -0.3 is 5.73 Å². The van der Waals surface area contributed by atoms with E-state index in [-0.39, 0.29) is 27.7 Å². The molecule has 31 heavy (non-hydrogen) atoms. The number of anilines is 1. The maximum Gasteiger partial charge on any atom is 0.300 e. The van der Waals surface area contributed by atoms with Crippen molar-refractivity contribution in [3.05, 3.63) is 92.9 Å². The number of carbonyl (C=O) groups is 1. The van der Waals surface area contributed by atoms with Crippen LogP contribution in [-0.4, -0.2) is 20.6 Å². The number of fused-ring (bicyclic) bond motifs is 1. The fraction of sp³-hybridized carbons (Fsp3) is 0. The zero-order valence-electron chi connectivity index (χ0n) is 16.0. The molecule has 5 N–H and O–H groups in total. The number of hydrogen-bond acceptors (Lipinski definition) is 7. The summed E-state index contributed by atoms with van der Waals surface area (Å²) in [5.74, 6) is 4.54. The van der Waals surface area contributed by atoms with Crippen molar-refractivity contribution < 1.29 is 9.72 Å². The summed E-state index contributed by atoms with van der Waals surface area (Å²) in [7, 11) is 0. The van der Waals surface area contributed by atoms with Gasteiger partial charge in [0, 0.05) is 5.39 Å². The molecule has 4 rings (SSSR count). The molecule has 1 amide bonds. The molecule has 0 bridgehead atoms. The van der Waals surface area contributed by atoms with E-state index < -0.39 is 22.1 Å². The molecule has 0 aliphatic heterocycles. The Morgan fingerprint density at radius 2 is 1.68 bits per heavy atom. The first-order chi connectivity index (χ1) is 14.9. The smallest absolute Gasteiger partial charge is 0.300 e. The molecule has 0 radical (unpaired) electrons. The first-order valence-corrected chi connectivity index (χ1v) is 9.09. The fourth-order valence-electron chi connectivity index (χ4n) is 3.43. The summed E-state index contributed by atoms with van der Waals surface area (Å²) in [6.07, 6.45) is 0. The second-order valence-electron chi connectivity index (χ2n) is 6.61. The Labute approximate surface area is 174 Å². The number of benzene rings is 3. The number of para-hydroxylation sites is 1. The van der Waals surface area contributed by atoms with Gasteiger partial charge in [0.15, 0.2) is 5.69 Å². The van der Waals surface area contributed by atoms with E-state index in [0.717, 1.165) is 4.68 Å². The molecule has 154 valence electrons. The van der Waals surface area contributed by atoms with E-state index in [1.165, 1.54) is 6.07 Å². The van der Waals surface area contributed by atoms with Crippen molar-refractivity contribution in [2.45, 2.75) is 0 Å². The van der Waals surface area contributed by atoms with Crippen LogP contribution >= 0.6 is 0 Å². The van der Waals surface area contributed by atoms with Gasteiger partial charge in [0.05, 0.1) is 21.6 Å². The zero-order chi connectivity index (χ0) is 22.1. The normalized spacial score (nSPS) is 10.7. The minimum atomic E-state index is -0.776. The van der Waals surface area contributed by atoms with Gasteiger partial charge >= 0.3 is 5.69 Å². The van der Waals surface area contributed by atoms with Gasteiger partial charge in [-0.25, -0.2) is 5.84 Å². The Hall–Kier alpha value is -4.57. The number of nitro groups is 1. The fourth-order valence-corrected chi connectivity index (χ4v) is 3.43. The molecule has 0 fully saturated rings. The van der Waals surface area contributed by atoms with Crippen molar-refractivity contribution in [1.29, 1.82) is 0 Å². The highest BCUT2D eigenvalue weighted by Crippen LogP contribution is 2.39. The van der Waals surface area contributed by atoms with E-state index in [1.807, 2.05) is 5.43 Å². The van der Waals surface area contributed by atoms with E-state index in [1.54, 1.807) is 60.7 Å². The van der Waals surface area contributed by atoms with E-state index in [0.29, 0.717) is 11.3 Å². The summed E-state index contributed by atoms with van der Waals surface area (Å²) >= 11 is 0. The van der Waals surface area contributed by atoms with Gasteiger partial charge in [0.2, 0.25) is 0 Å². The largest absolute Gasteiger partial charge is 0.392 e. The number of nitro benzene ring substituents is 1. The Morgan fingerprint density at radius 3 is 2.26 bits per heavy atom. The van der Waals surface area contributed by atoms with Gasteiger partial charge in [-0.1, -0.05) is 48.5 Å². The number of aromatic nitrogens is 2. The second kappa shape index (κ2) is 7.69. The number of nitrogen functional groups attached to an aromatic ring is 2. The van der Waals surface area contributed by atoms with Crippen molar-refractivity contribution in [3.63, 3.8) is 0 Å². The summed E-state index contributed by atoms with van der Waals surface area (Å²) in [5, 5.41) is 15.9. The number of hydrazine groups is 1. The predicted molar refractivity (Wildman–Crippen MR) is 115 cm³/mol. The van der Waals surface area contributed by atoms with E-state index in [4.69, 9.17) is 11.6 Å². The maximum absolute atomic E-state index is 13.3. The van der Waals surface area contributed by atoms with Gasteiger partial charge in [0.25, 0.3) is 11.5 Å². The van der Waals surface area contributed by atoms with Crippen LogP contribution in [0.1, 0.15) is 10.5 Å². The highest BCUT2D eigenvalue weighted by Gasteiger charge is 2.28. The Morgan fingerprint density at radius 1 is 1.06 bits per heavy atom. The standard InChI is InChI=1S/C21H16N6O4/c22-17-16-15(11-14(19(17)27(30)31)12-7-3-1-4-8-12)18(20(28)24-23)25-26(21(16)29)13-9-5-2-6-10-13/h1-11H,22-23H2,(H,24,28). The molecule has 0 unspecified atom stereocenters. The molecule has 1 heterocycles. The van der Waals surface area contributed by atoms with Crippen molar-refractivity contribution in [1.82, 2.24) is 15.2 Å². The van der Waals surface area contributed by atoms with Crippen LogP contribution in [0.3, 0.4) is 0 Å². The summed E-state index contributed by atoms with van der Waals surface area (Å²) in [5.41, 5.74) is 7.49. The zero-order valence-corrected chi connectivity index (χ0v) is 16.0. The molecule has 0 atom stereocenters. The van der Waals surface area contributed by atoms with Crippen LogP contribution in [0.25, 0.3) is 27.6 Å². The van der Waals surface area contributed by atoms with Crippen molar-refractivity contribution in [2.24, 2.45) is 5.84 Å². The predicted octanol–water partition coefficient (Wildman–Crippen LogP) is 2.15. The maximum atomic E-state index is 13.3. The van der Waals surface area contributed by atoms with Crippen LogP contribution in [0.2, 0.25) is 0 Å². The molecular weight excluding hydrogens is 400 g/mol. The summed E-state index contributed by atoms with van der Waals surface area (Å²) < 4.78 is 0.967. The summed E-state index contributed by atoms with van der Waals surface area (Å²) in [6.45, 7) is 0. The van der Waals surface area contributed by atoms with Crippen LogP contribution in [0.5, 0.6) is 0 Å². The van der Waals surface area contributed by atoms with E-state index in [2.05, 4.69) is 5.10 Å². The summed E-state index contributed by atoms with van der Waals surface area (Å²) in [4.78, 5) is 37.0. The lowest BCUT2D eigenvalue weighted by molar-refractivity contribution is -0.383. The first kappa shape index (κ1) is 19.7. The third-order valence-electron chi connectivity index (χ3n) is 4.81. The number of nitrogens with one attached hydrogen (secondary N) is 1. The molecule has 0 aliphatic carbocycles. The molecule has 3 aromatic carbocycles. The van der Waals surface area contributed by atoms with Crippen LogP contribution < -0.4 is 22.6 Å². The third-order valence-corrected chi connectivity index (χ3v) is 4.81. The topological polar surface area (TPSA) is 159 Å². The number of nitrogens with zero attached hydrogens (tertiary/aromatic N) is 3. The van der Waals surface area contributed by atoms with Crippen LogP contribution in [-0.2, 0) is 0 Å². The lowest BCUT2D eigenvalue weighted by atomic mass is 9.97. The number of carbonyl (C=O) groups excluding carboxylic acids is 1. The van der Waals surface area contributed by atoms with Gasteiger partial charge in [-0.15, -0.1) is 0 Å². The van der Waals surface area contributed by atoms with E-state index >= 15 is 0 Å². The lowest BCUT2D eigenvalue weighted by Crippen LogP contribution is -2.34.